The van der Waals surface area contributed by atoms with Gasteiger partial charge in [0.05, 0.1) is 6.21 Å². The Morgan fingerprint density at radius 2 is 2.09 bits per heavy atom. The summed E-state index contributed by atoms with van der Waals surface area (Å²) in [6, 6.07) is 10.4. The number of nitrogens with one attached hydrogen (secondary N) is 1. The molecule has 0 aliphatic heterocycles. The molecule has 4 nitrogen and oxygen atoms in total. The third-order valence-electron chi connectivity index (χ3n) is 2.63. The van der Waals surface area contributed by atoms with Gasteiger partial charge in [-0.1, -0.05) is 18.2 Å². The summed E-state index contributed by atoms with van der Waals surface area (Å²) in [4.78, 5) is 0. The number of thiocarbonyl (C=S) groups is 1. The molecule has 0 radical (unpaired) electrons. The first-order valence-electron chi connectivity index (χ1n) is 6.30. The van der Waals surface area contributed by atoms with Gasteiger partial charge in [0.2, 0.25) is 0 Å². The molecule has 0 aromatic heterocycles. The van der Waals surface area contributed by atoms with Crippen LogP contribution in [0.3, 0.4) is 0 Å². The largest absolute Gasteiger partial charge is 0.486 e. The first-order valence-corrected chi connectivity index (χ1v) is 6.71. The van der Waals surface area contributed by atoms with E-state index in [1.165, 1.54) is 6.07 Å². The van der Waals surface area contributed by atoms with Crippen LogP contribution in [-0.4, -0.2) is 11.3 Å². The molecule has 2 rings (SSSR count). The molecule has 0 saturated carbocycles. The average Bonchev–Trinajstić information content (AvgIpc) is 2.46. The summed E-state index contributed by atoms with van der Waals surface area (Å²) < 4.78 is 31.6. The minimum absolute atomic E-state index is 0.00406. The van der Waals surface area contributed by atoms with Crippen LogP contribution >= 0.6 is 12.2 Å². The van der Waals surface area contributed by atoms with Gasteiger partial charge in [-0.3, -0.25) is 5.43 Å². The fourth-order valence-electron chi connectivity index (χ4n) is 1.69. The van der Waals surface area contributed by atoms with Crippen molar-refractivity contribution in [1.29, 1.82) is 0 Å². The van der Waals surface area contributed by atoms with E-state index in [2.05, 4.69) is 22.7 Å². The summed E-state index contributed by atoms with van der Waals surface area (Å²) in [6.45, 7) is 0.146. The smallest absolute Gasteiger partial charge is 0.184 e. The van der Waals surface area contributed by atoms with Gasteiger partial charge in [0.15, 0.2) is 16.7 Å². The summed E-state index contributed by atoms with van der Waals surface area (Å²) in [6.07, 6.45) is 1.54. The average molecular weight is 321 g/mol. The van der Waals surface area contributed by atoms with E-state index < -0.39 is 11.6 Å². The van der Waals surface area contributed by atoms with Crippen LogP contribution in [0.15, 0.2) is 47.6 Å². The van der Waals surface area contributed by atoms with Crippen LogP contribution in [0, 0.1) is 11.6 Å². The van der Waals surface area contributed by atoms with Crippen LogP contribution in [0.25, 0.3) is 0 Å². The molecule has 3 N–H and O–H groups in total. The molecule has 0 amide bonds. The second-order valence-corrected chi connectivity index (χ2v) is 4.78. The second kappa shape index (κ2) is 7.46. The van der Waals surface area contributed by atoms with Gasteiger partial charge in [-0.25, -0.2) is 8.78 Å². The molecule has 0 aliphatic carbocycles. The molecule has 0 spiro atoms. The highest BCUT2D eigenvalue weighted by Crippen LogP contribution is 2.19. The number of hydrogen-bond acceptors (Lipinski definition) is 3. The van der Waals surface area contributed by atoms with Gasteiger partial charge < -0.3 is 10.5 Å². The maximum atomic E-state index is 13.5. The molecule has 0 saturated heterocycles. The molecule has 114 valence electrons. The molecular formula is C15H13F2N3OS. The molecule has 0 bridgehead atoms. The summed E-state index contributed by atoms with van der Waals surface area (Å²) in [5.41, 5.74) is 9.30. The monoisotopic (exact) mass is 321 g/mol. The summed E-state index contributed by atoms with van der Waals surface area (Å²) in [7, 11) is 0. The Morgan fingerprint density at radius 3 is 2.82 bits per heavy atom. The number of halogens is 2. The highest BCUT2D eigenvalue weighted by molar-refractivity contribution is 7.80. The first kappa shape index (κ1) is 15.8. The van der Waals surface area contributed by atoms with Gasteiger partial charge in [-0.15, -0.1) is 0 Å². The third kappa shape index (κ3) is 4.78. The molecule has 0 fully saturated rings. The molecule has 0 atom stereocenters. The van der Waals surface area contributed by atoms with Gasteiger partial charge in [0.25, 0.3) is 0 Å². The Hall–Kier alpha value is -2.54. The zero-order chi connectivity index (χ0) is 15.9. The highest BCUT2D eigenvalue weighted by Gasteiger charge is 2.05. The normalized spacial score (nSPS) is 10.6. The number of nitrogens with two attached hydrogens (primary N) is 1. The predicted octanol–water partition coefficient (Wildman–Crippen LogP) is 2.71. The Morgan fingerprint density at radius 1 is 1.27 bits per heavy atom. The number of rotatable bonds is 5. The Labute approximate surface area is 131 Å². The van der Waals surface area contributed by atoms with Crippen LogP contribution in [0.1, 0.15) is 11.1 Å². The van der Waals surface area contributed by atoms with E-state index in [-0.39, 0.29) is 17.5 Å². The number of hydrazone groups is 1. The van der Waals surface area contributed by atoms with E-state index in [0.29, 0.717) is 0 Å². The fraction of sp³-hybridized carbons (Fsp3) is 0.0667. The van der Waals surface area contributed by atoms with E-state index in [1.807, 2.05) is 24.3 Å². The Kier molecular flexibility index (Phi) is 5.37. The molecule has 2 aromatic carbocycles. The number of nitrogens with zero attached hydrogens (tertiary/aromatic N) is 1. The maximum absolute atomic E-state index is 13.5. The maximum Gasteiger partial charge on any atom is 0.184 e. The van der Waals surface area contributed by atoms with Gasteiger partial charge in [-0.05, 0) is 41.5 Å². The zero-order valence-electron chi connectivity index (χ0n) is 11.4. The van der Waals surface area contributed by atoms with Crippen molar-refractivity contribution in [3.8, 4) is 5.75 Å². The van der Waals surface area contributed by atoms with Gasteiger partial charge >= 0.3 is 0 Å². The van der Waals surface area contributed by atoms with Crippen molar-refractivity contribution in [2.24, 2.45) is 10.8 Å². The third-order valence-corrected chi connectivity index (χ3v) is 2.72. The Balaban J connectivity index is 2.01. The van der Waals surface area contributed by atoms with Crippen LogP contribution in [0.2, 0.25) is 0 Å². The molecule has 22 heavy (non-hydrogen) atoms. The van der Waals surface area contributed by atoms with Crippen molar-refractivity contribution in [2.45, 2.75) is 6.61 Å². The van der Waals surface area contributed by atoms with E-state index >= 15 is 0 Å². The SMILES string of the molecule is NC(=S)NN=Cc1cccc(COc2ccc(F)cc2F)c1. The highest BCUT2D eigenvalue weighted by atomic mass is 32.1. The zero-order valence-corrected chi connectivity index (χ0v) is 12.2. The van der Waals surface area contributed by atoms with Gasteiger partial charge in [-0.2, -0.15) is 5.10 Å². The minimum atomic E-state index is -0.738. The molecule has 0 unspecified atom stereocenters. The van der Waals surface area contributed by atoms with Gasteiger partial charge in [0, 0.05) is 6.07 Å². The molecule has 0 heterocycles. The van der Waals surface area contributed by atoms with Crippen LogP contribution in [0.5, 0.6) is 5.75 Å². The summed E-state index contributed by atoms with van der Waals surface area (Å²) in [5.74, 6) is -1.39. The lowest BCUT2D eigenvalue weighted by molar-refractivity contribution is 0.289. The van der Waals surface area contributed by atoms with Crippen molar-refractivity contribution < 1.29 is 13.5 Å². The standard InChI is InChI=1S/C15H13F2N3OS/c16-12-4-5-14(13(17)7-12)21-9-11-3-1-2-10(6-11)8-19-20-15(18)22/h1-8H,9H2,(H3,18,20,22). The van der Waals surface area contributed by atoms with Crippen molar-refractivity contribution in [3.05, 3.63) is 65.2 Å². The lowest BCUT2D eigenvalue weighted by atomic mass is 10.1. The van der Waals surface area contributed by atoms with Crippen molar-refractivity contribution in [2.75, 3.05) is 0 Å². The quantitative estimate of drug-likeness (QED) is 0.505. The van der Waals surface area contributed by atoms with Crippen LogP contribution in [-0.2, 0) is 6.61 Å². The van der Waals surface area contributed by atoms with E-state index in [0.717, 1.165) is 23.3 Å². The van der Waals surface area contributed by atoms with Crippen LogP contribution < -0.4 is 15.9 Å². The Bertz CT molecular complexity index is 707. The minimum Gasteiger partial charge on any atom is -0.486 e. The van der Waals surface area contributed by atoms with E-state index in [1.54, 1.807) is 6.21 Å². The molecular weight excluding hydrogens is 308 g/mol. The first-order chi connectivity index (χ1) is 10.5. The molecule has 0 aliphatic rings. The van der Waals surface area contributed by atoms with Gasteiger partial charge in [0.1, 0.15) is 12.4 Å². The molecule has 7 heteroatoms. The number of benzene rings is 2. The van der Waals surface area contributed by atoms with Crippen molar-refractivity contribution in [3.63, 3.8) is 0 Å². The molecule has 2 aromatic rings. The van der Waals surface area contributed by atoms with Crippen LogP contribution in [0.4, 0.5) is 8.78 Å². The van der Waals surface area contributed by atoms with Crippen molar-refractivity contribution in [1.82, 2.24) is 5.43 Å². The number of hydrogen-bond donors (Lipinski definition) is 2. The lowest BCUT2D eigenvalue weighted by Gasteiger charge is -2.08. The lowest BCUT2D eigenvalue weighted by Crippen LogP contribution is -2.23. The topological polar surface area (TPSA) is 59.6 Å². The van der Waals surface area contributed by atoms with E-state index in [4.69, 9.17) is 10.5 Å². The summed E-state index contributed by atoms with van der Waals surface area (Å²) in [5, 5.41) is 3.91. The fourth-order valence-corrected chi connectivity index (χ4v) is 1.74. The van der Waals surface area contributed by atoms with E-state index in [9.17, 15) is 8.78 Å². The van der Waals surface area contributed by atoms with Crippen molar-refractivity contribution >= 4 is 23.5 Å². The summed E-state index contributed by atoms with van der Waals surface area (Å²) >= 11 is 4.62. The second-order valence-electron chi connectivity index (χ2n) is 4.34. The number of ether oxygens (including phenoxy) is 1. The predicted molar refractivity (Wildman–Crippen MR) is 84.6 cm³/mol.